The van der Waals surface area contributed by atoms with E-state index in [1.54, 1.807) is 22.1 Å². The van der Waals surface area contributed by atoms with E-state index in [1.807, 2.05) is 30.3 Å². The Balaban J connectivity index is 1.26. The van der Waals surface area contributed by atoms with Gasteiger partial charge in [-0.1, -0.05) is 30.3 Å². The van der Waals surface area contributed by atoms with E-state index < -0.39 is 0 Å². The van der Waals surface area contributed by atoms with Gasteiger partial charge in [-0.25, -0.2) is 4.98 Å². The van der Waals surface area contributed by atoms with E-state index in [4.69, 9.17) is 8.83 Å². The molecule has 0 radical (unpaired) electrons. The summed E-state index contributed by atoms with van der Waals surface area (Å²) < 4.78 is 10.7. The number of aromatic nitrogens is 1. The molecule has 0 N–H and O–H groups in total. The molecule has 0 spiro atoms. The van der Waals surface area contributed by atoms with Crippen LogP contribution in [0.25, 0.3) is 11.3 Å². The standard InChI is InChI=1S/C21H21N3O4/c25-20(7-6-19-22-14-18(28-19)16-4-2-1-3-5-16)23-9-11-24(12-10-23)21(26)17-8-13-27-15-17/h1-5,8,13-15H,6-7,9-12H2. The van der Waals surface area contributed by atoms with Gasteiger partial charge in [-0.2, -0.15) is 0 Å². The number of rotatable bonds is 5. The molecule has 0 atom stereocenters. The minimum Gasteiger partial charge on any atom is -0.472 e. The monoisotopic (exact) mass is 379 g/mol. The lowest BCUT2D eigenvalue weighted by Gasteiger charge is -2.34. The van der Waals surface area contributed by atoms with Gasteiger partial charge in [-0.3, -0.25) is 9.59 Å². The van der Waals surface area contributed by atoms with Crippen LogP contribution in [0.15, 0.2) is 64.0 Å². The lowest BCUT2D eigenvalue weighted by molar-refractivity contribution is -0.132. The van der Waals surface area contributed by atoms with Crippen LogP contribution in [0.1, 0.15) is 22.7 Å². The first-order chi connectivity index (χ1) is 13.7. The molecule has 1 aromatic carbocycles. The van der Waals surface area contributed by atoms with Crippen LogP contribution in [0.5, 0.6) is 0 Å². The molecule has 28 heavy (non-hydrogen) atoms. The Bertz CT molecular complexity index is 926. The second kappa shape index (κ2) is 8.12. The van der Waals surface area contributed by atoms with Gasteiger partial charge in [0, 0.05) is 44.6 Å². The normalized spacial score (nSPS) is 14.3. The molecule has 1 aliphatic heterocycles. The minimum absolute atomic E-state index is 0.0508. The first-order valence-electron chi connectivity index (χ1n) is 9.30. The van der Waals surface area contributed by atoms with Crippen LogP contribution in [0.3, 0.4) is 0 Å². The lowest BCUT2D eigenvalue weighted by Crippen LogP contribution is -2.50. The van der Waals surface area contributed by atoms with Crippen molar-refractivity contribution in [3.8, 4) is 11.3 Å². The Kier molecular flexibility index (Phi) is 5.23. The average Bonchev–Trinajstić information content (AvgIpc) is 3.44. The van der Waals surface area contributed by atoms with Crippen LogP contribution in [0.4, 0.5) is 0 Å². The molecule has 1 fully saturated rings. The molecular formula is C21H21N3O4. The minimum atomic E-state index is -0.0610. The number of carbonyl (C=O) groups is 2. The highest BCUT2D eigenvalue weighted by Gasteiger charge is 2.25. The van der Waals surface area contributed by atoms with Gasteiger partial charge in [0.15, 0.2) is 11.7 Å². The van der Waals surface area contributed by atoms with E-state index in [0.29, 0.717) is 56.2 Å². The molecule has 144 valence electrons. The van der Waals surface area contributed by atoms with E-state index in [-0.39, 0.29) is 11.8 Å². The fourth-order valence-corrected chi connectivity index (χ4v) is 3.26. The first kappa shape index (κ1) is 18.0. The number of hydrogen-bond acceptors (Lipinski definition) is 5. The van der Waals surface area contributed by atoms with Gasteiger partial charge in [0.2, 0.25) is 5.91 Å². The van der Waals surface area contributed by atoms with Crippen LogP contribution in [0.2, 0.25) is 0 Å². The van der Waals surface area contributed by atoms with E-state index >= 15 is 0 Å². The number of nitrogens with zero attached hydrogens (tertiary/aromatic N) is 3. The van der Waals surface area contributed by atoms with E-state index in [2.05, 4.69) is 4.98 Å². The van der Waals surface area contributed by atoms with E-state index in [9.17, 15) is 9.59 Å². The SMILES string of the molecule is O=C(CCc1ncc(-c2ccccc2)o1)N1CCN(C(=O)c2ccoc2)CC1. The summed E-state index contributed by atoms with van der Waals surface area (Å²) >= 11 is 0. The molecule has 3 heterocycles. The van der Waals surface area contributed by atoms with Gasteiger partial charge in [0.05, 0.1) is 18.0 Å². The van der Waals surface area contributed by atoms with Gasteiger partial charge < -0.3 is 18.6 Å². The van der Waals surface area contributed by atoms with Crippen molar-refractivity contribution in [2.24, 2.45) is 0 Å². The van der Waals surface area contributed by atoms with Crippen molar-refractivity contribution in [1.29, 1.82) is 0 Å². The number of furan rings is 1. The summed E-state index contributed by atoms with van der Waals surface area (Å²) in [4.78, 5) is 32.6. The summed E-state index contributed by atoms with van der Waals surface area (Å²) in [7, 11) is 0. The smallest absolute Gasteiger partial charge is 0.257 e. The van der Waals surface area contributed by atoms with Crippen molar-refractivity contribution >= 4 is 11.8 Å². The summed E-state index contributed by atoms with van der Waals surface area (Å²) in [6, 6.07) is 11.4. The maximum atomic E-state index is 12.5. The van der Waals surface area contributed by atoms with E-state index in [0.717, 1.165) is 5.56 Å². The average molecular weight is 379 g/mol. The third-order valence-corrected chi connectivity index (χ3v) is 4.85. The van der Waals surface area contributed by atoms with Gasteiger partial charge in [0.25, 0.3) is 5.91 Å². The molecule has 0 aliphatic carbocycles. The molecule has 0 saturated carbocycles. The quantitative estimate of drug-likeness (QED) is 0.681. The predicted octanol–water partition coefficient (Wildman–Crippen LogP) is 2.85. The van der Waals surface area contributed by atoms with Crippen LogP contribution < -0.4 is 0 Å². The van der Waals surface area contributed by atoms with Gasteiger partial charge in [0.1, 0.15) is 6.26 Å². The number of amides is 2. The molecule has 2 amide bonds. The fraction of sp³-hybridized carbons (Fsp3) is 0.286. The van der Waals surface area contributed by atoms with Crippen molar-refractivity contribution in [3.63, 3.8) is 0 Å². The number of oxazole rings is 1. The number of benzene rings is 1. The maximum absolute atomic E-state index is 12.5. The Hall–Kier alpha value is -3.35. The second-order valence-electron chi connectivity index (χ2n) is 6.67. The van der Waals surface area contributed by atoms with Crippen LogP contribution in [0, 0.1) is 0 Å². The van der Waals surface area contributed by atoms with Crippen LogP contribution >= 0.6 is 0 Å². The molecule has 1 saturated heterocycles. The molecule has 4 rings (SSSR count). The number of piperazine rings is 1. The summed E-state index contributed by atoms with van der Waals surface area (Å²) in [5.41, 5.74) is 1.50. The maximum Gasteiger partial charge on any atom is 0.257 e. The largest absolute Gasteiger partial charge is 0.472 e. The summed E-state index contributed by atoms with van der Waals surface area (Å²) in [6.07, 6.45) is 5.42. The number of hydrogen-bond donors (Lipinski definition) is 0. The first-order valence-corrected chi connectivity index (χ1v) is 9.30. The van der Waals surface area contributed by atoms with Crippen molar-refractivity contribution in [2.75, 3.05) is 26.2 Å². The molecule has 7 nitrogen and oxygen atoms in total. The highest BCUT2D eigenvalue weighted by atomic mass is 16.4. The molecule has 7 heteroatoms. The van der Waals surface area contributed by atoms with Crippen molar-refractivity contribution < 1.29 is 18.4 Å². The van der Waals surface area contributed by atoms with Crippen LogP contribution in [-0.2, 0) is 11.2 Å². The number of aryl methyl sites for hydroxylation is 1. The summed E-state index contributed by atoms with van der Waals surface area (Å²) in [5, 5.41) is 0. The zero-order valence-corrected chi connectivity index (χ0v) is 15.4. The van der Waals surface area contributed by atoms with Gasteiger partial charge in [-0.15, -0.1) is 0 Å². The van der Waals surface area contributed by atoms with Gasteiger partial charge in [-0.05, 0) is 6.07 Å². The molecular weight excluding hydrogens is 358 g/mol. The Morgan fingerprint density at radius 3 is 2.46 bits per heavy atom. The van der Waals surface area contributed by atoms with Crippen LogP contribution in [-0.4, -0.2) is 52.8 Å². The summed E-state index contributed by atoms with van der Waals surface area (Å²) in [6.45, 7) is 2.10. The predicted molar refractivity (Wildman–Crippen MR) is 101 cm³/mol. The second-order valence-corrected chi connectivity index (χ2v) is 6.67. The molecule has 2 aromatic heterocycles. The molecule has 0 bridgehead atoms. The zero-order valence-electron chi connectivity index (χ0n) is 15.4. The molecule has 3 aromatic rings. The molecule has 1 aliphatic rings. The third-order valence-electron chi connectivity index (χ3n) is 4.85. The third kappa shape index (κ3) is 3.98. The van der Waals surface area contributed by atoms with Crippen molar-refractivity contribution in [3.05, 3.63) is 66.6 Å². The van der Waals surface area contributed by atoms with E-state index in [1.165, 1.54) is 12.5 Å². The molecule has 0 unspecified atom stereocenters. The Morgan fingerprint density at radius 1 is 1.00 bits per heavy atom. The Morgan fingerprint density at radius 2 is 1.75 bits per heavy atom. The lowest BCUT2D eigenvalue weighted by atomic mass is 10.2. The van der Waals surface area contributed by atoms with Crippen molar-refractivity contribution in [2.45, 2.75) is 12.8 Å². The number of carbonyl (C=O) groups excluding carboxylic acids is 2. The van der Waals surface area contributed by atoms with Crippen molar-refractivity contribution in [1.82, 2.24) is 14.8 Å². The summed E-state index contributed by atoms with van der Waals surface area (Å²) in [5.74, 6) is 1.25. The Labute approximate surface area is 162 Å². The van der Waals surface area contributed by atoms with Gasteiger partial charge >= 0.3 is 0 Å². The highest BCUT2D eigenvalue weighted by Crippen LogP contribution is 2.20. The fourth-order valence-electron chi connectivity index (χ4n) is 3.26. The topological polar surface area (TPSA) is 79.8 Å². The highest BCUT2D eigenvalue weighted by molar-refractivity contribution is 5.94. The zero-order chi connectivity index (χ0) is 19.3.